The van der Waals surface area contributed by atoms with Crippen molar-refractivity contribution in [1.82, 2.24) is 9.97 Å². The summed E-state index contributed by atoms with van der Waals surface area (Å²) in [4.78, 5) is 22.3. The molecular formula is C26H22F2N4O. The molecule has 0 spiro atoms. The van der Waals surface area contributed by atoms with Crippen LogP contribution < -0.4 is 10.2 Å². The Morgan fingerprint density at radius 1 is 0.970 bits per heavy atom. The van der Waals surface area contributed by atoms with Crippen LogP contribution in [-0.2, 0) is 17.8 Å². The Hall–Kier alpha value is -4.13. The first kappa shape index (κ1) is 22.1. The second-order valence-electron chi connectivity index (χ2n) is 7.44. The van der Waals surface area contributed by atoms with E-state index in [0.29, 0.717) is 24.6 Å². The number of aromatic nitrogens is 2. The second-order valence-corrected chi connectivity index (χ2v) is 7.44. The van der Waals surface area contributed by atoms with Gasteiger partial charge in [0.25, 0.3) is 0 Å². The van der Waals surface area contributed by atoms with Crippen molar-refractivity contribution in [2.45, 2.75) is 13.0 Å². The maximum Gasteiger partial charge on any atom is 0.214 e. The zero-order chi connectivity index (χ0) is 23.0. The molecule has 2 aromatic heterocycles. The van der Waals surface area contributed by atoms with E-state index in [4.69, 9.17) is 4.98 Å². The Morgan fingerprint density at radius 3 is 2.58 bits per heavy atom. The number of hydrogen-bond donors (Lipinski definition) is 1. The van der Waals surface area contributed by atoms with Crippen LogP contribution in [0, 0.1) is 11.6 Å². The lowest BCUT2D eigenvalue weighted by Gasteiger charge is -2.21. The number of benzene rings is 2. The largest absolute Gasteiger partial charge is 0.368 e. The molecule has 0 aliphatic rings. The molecule has 0 saturated carbocycles. The summed E-state index contributed by atoms with van der Waals surface area (Å²) >= 11 is 0. The molecule has 33 heavy (non-hydrogen) atoms. The zero-order valence-electron chi connectivity index (χ0n) is 17.8. The van der Waals surface area contributed by atoms with Crippen LogP contribution in [0.4, 0.5) is 20.3 Å². The molecule has 0 bridgehead atoms. The van der Waals surface area contributed by atoms with Gasteiger partial charge in [-0.05, 0) is 53.9 Å². The molecule has 0 atom stereocenters. The fraction of sp³-hybridized carbons (Fsp3) is 0.115. The zero-order valence-corrected chi connectivity index (χ0v) is 17.8. The number of pyridine rings is 2. The summed E-state index contributed by atoms with van der Waals surface area (Å²) in [5.74, 6) is -0.473. The number of amides is 1. The fourth-order valence-electron chi connectivity index (χ4n) is 3.50. The second kappa shape index (κ2) is 10.5. The molecule has 1 amide bonds. The monoisotopic (exact) mass is 444 g/mol. The van der Waals surface area contributed by atoms with E-state index in [0.717, 1.165) is 35.4 Å². The topological polar surface area (TPSA) is 58.1 Å². The number of halogens is 2. The first-order valence-electron chi connectivity index (χ1n) is 10.5. The number of carbonyl (C=O) groups is 1. The molecule has 0 saturated heterocycles. The molecule has 0 unspecified atom stereocenters. The van der Waals surface area contributed by atoms with Gasteiger partial charge < -0.3 is 10.2 Å². The van der Waals surface area contributed by atoms with E-state index in [-0.39, 0.29) is 12.0 Å². The molecule has 0 fully saturated rings. The minimum absolute atomic E-state index is 0.254. The minimum atomic E-state index is -0.486. The van der Waals surface area contributed by atoms with E-state index in [1.54, 1.807) is 12.4 Å². The third-order valence-corrected chi connectivity index (χ3v) is 5.15. The number of nitrogens with one attached hydrogen (secondary N) is 1. The fourth-order valence-corrected chi connectivity index (χ4v) is 3.50. The predicted octanol–water partition coefficient (Wildman–Crippen LogP) is 5.24. The lowest BCUT2D eigenvalue weighted by atomic mass is 10.1. The van der Waals surface area contributed by atoms with E-state index in [1.807, 2.05) is 54.6 Å². The maximum absolute atomic E-state index is 14.0. The van der Waals surface area contributed by atoms with Crippen molar-refractivity contribution in [3.05, 3.63) is 108 Å². The standard InChI is InChI=1S/C26H22F2N4O/c27-22-8-9-23(28)21(15-22)12-14-30-26-25(32(18-33)17-19-5-4-13-29-16-19)11-10-24(31-26)20-6-2-1-3-7-20/h1-11,13,15-16,18H,12,14,17H2,(H,30,31). The van der Waals surface area contributed by atoms with Crippen molar-refractivity contribution in [3.8, 4) is 11.3 Å². The van der Waals surface area contributed by atoms with Crippen molar-refractivity contribution in [1.29, 1.82) is 0 Å². The summed E-state index contributed by atoms with van der Waals surface area (Å²) in [5, 5.41) is 3.20. The molecule has 166 valence electrons. The van der Waals surface area contributed by atoms with Gasteiger partial charge in [-0.25, -0.2) is 13.8 Å². The summed E-state index contributed by atoms with van der Waals surface area (Å²) in [5.41, 5.74) is 3.36. The van der Waals surface area contributed by atoms with Gasteiger partial charge in [0.15, 0.2) is 5.82 Å². The van der Waals surface area contributed by atoms with Gasteiger partial charge in [-0.2, -0.15) is 0 Å². The molecule has 0 aliphatic heterocycles. The van der Waals surface area contributed by atoms with Gasteiger partial charge in [0.05, 0.1) is 17.9 Å². The molecule has 2 aromatic carbocycles. The van der Waals surface area contributed by atoms with Gasteiger partial charge in [0.1, 0.15) is 11.6 Å². The molecular weight excluding hydrogens is 422 g/mol. The van der Waals surface area contributed by atoms with E-state index in [1.165, 1.54) is 11.0 Å². The van der Waals surface area contributed by atoms with Crippen molar-refractivity contribution in [2.24, 2.45) is 0 Å². The van der Waals surface area contributed by atoms with Crippen LogP contribution in [0.1, 0.15) is 11.1 Å². The van der Waals surface area contributed by atoms with Crippen molar-refractivity contribution in [3.63, 3.8) is 0 Å². The lowest BCUT2D eigenvalue weighted by Crippen LogP contribution is -2.23. The minimum Gasteiger partial charge on any atom is -0.368 e. The van der Waals surface area contributed by atoms with Crippen LogP contribution in [0.15, 0.2) is 85.2 Å². The number of hydrogen-bond acceptors (Lipinski definition) is 4. The van der Waals surface area contributed by atoms with Crippen LogP contribution in [0.3, 0.4) is 0 Å². The van der Waals surface area contributed by atoms with Crippen LogP contribution in [-0.4, -0.2) is 22.9 Å². The smallest absolute Gasteiger partial charge is 0.214 e. The highest BCUT2D eigenvalue weighted by Gasteiger charge is 2.15. The first-order valence-corrected chi connectivity index (χ1v) is 10.5. The summed E-state index contributed by atoms with van der Waals surface area (Å²) in [6.45, 7) is 0.620. The molecule has 7 heteroatoms. The molecule has 2 heterocycles. The van der Waals surface area contributed by atoms with E-state index in [2.05, 4.69) is 10.3 Å². The van der Waals surface area contributed by atoms with Gasteiger partial charge >= 0.3 is 0 Å². The summed E-state index contributed by atoms with van der Waals surface area (Å²) in [7, 11) is 0. The van der Waals surface area contributed by atoms with Gasteiger partial charge in [-0.1, -0.05) is 36.4 Å². The van der Waals surface area contributed by atoms with Crippen LogP contribution >= 0.6 is 0 Å². The van der Waals surface area contributed by atoms with Crippen LogP contribution in [0.2, 0.25) is 0 Å². The highest BCUT2D eigenvalue weighted by molar-refractivity contribution is 5.83. The third kappa shape index (κ3) is 5.57. The molecule has 4 aromatic rings. The normalized spacial score (nSPS) is 10.6. The summed E-state index contributed by atoms with van der Waals surface area (Å²) < 4.78 is 27.5. The number of carbonyl (C=O) groups excluding carboxylic acids is 1. The number of nitrogens with zero attached hydrogens (tertiary/aromatic N) is 3. The van der Waals surface area contributed by atoms with Crippen molar-refractivity contribution in [2.75, 3.05) is 16.8 Å². The first-order chi connectivity index (χ1) is 16.1. The summed E-state index contributed by atoms with van der Waals surface area (Å²) in [6, 6.07) is 20.4. The van der Waals surface area contributed by atoms with E-state index >= 15 is 0 Å². The Kier molecular flexibility index (Phi) is 6.99. The third-order valence-electron chi connectivity index (χ3n) is 5.15. The van der Waals surface area contributed by atoms with Gasteiger partial charge in [0, 0.05) is 24.5 Å². The average Bonchev–Trinajstić information content (AvgIpc) is 2.86. The van der Waals surface area contributed by atoms with Gasteiger partial charge in [0.2, 0.25) is 6.41 Å². The summed E-state index contributed by atoms with van der Waals surface area (Å²) in [6.07, 6.45) is 4.36. The van der Waals surface area contributed by atoms with Gasteiger partial charge in [-0.15, -0.1) is 0 Å². The number of rotatable bonds is 9. The van der Waals surface area contributed by atoms with E-state index < -0.39 is 11.6 Å². The van der Waals surface area contributed by atoms with E-state index in [9.17, 15) is 13.6 Å². The van der Waals surface area contributed by atoms with Crippen molar-refractivity contribution >= 4 is 17.9 Å². The maximum atomic E-state index is 14.0. The lowest BCUT2D eigenvalue weighted by molar-refractivity contribution is -0.107. The molecule has 5 nitrogen and oxygen atoms in total. The molecule has 4 rings (SSSR count). The van der Waals surface area contributed by atoms with Gasteiger partial charge in [-0.3, -0.25) is 9.78 Å². The Labute approximate surface area is 190 Å². The number of anilines is 2. The van der Waals surface area contributed by atoms with Crippen LogP contribution in [0.5, 0.6) is 0 Å². The molecule has 0 radical (unpaired) electrons. The average molecular weight is 444 g/mol. The SMILES string of the molecule is O=CN(Cc1cccnc1)c1ccc(-c2ccccc2)nc1NCCc1cc(F)ccc1F. The highest BCUT2D eigenvalue weighted by Crippen LogP contribution is 2.29. The predicted molar refractivity (Wildman–Crippen MR) is 125 cm³/mol. The van der Waals surface area contributed by atoms with Crippen molar-refractivity contribution < 1.29 is 13.6 Å². The Balaban J connectivity index is 1.62. The Morgan fingerprint density at radius 2 is 1.82 bits per heavy atom. The molecule has 0 aliphatic carbocycles. The molecule has 1 N–H and O–H groups in total. The van der Waals surface area contributed by atoms with Crippen LogP contribution in [0.25, 0.3) is 11.3 Å². The quantitative estimate of drug-likeness (QED) is 0.359. The highest BCUT2D eigenvalue weighted by atomic mass is 19.1. The Bertz CT molecular complexity index is 1220.